The van der Waals surface area contributed by atoms with Gasteiger partial charge in [-0.15, -0.1) is 11.3 Å². The average molecular weight is 295 g/mol. The molecule has 0 aliphatic rings. The normalized spacial score (nSPS) is 11.1. The molecule has 3 nitrogen and oxygen atoms in total. The Bertz CT molecular complexity index is 552. The Labute approximate surface area is 122 Å². The average Bonchev–Trinajstić information content (AvgIpc) is 2.84. The fourth-order valence-electron chi connectivity index (χ4n) is 1.87. The standard InChI is InChI=1S/C15H18FNO2S/c1-10(2)15-13(9-18)20-14(17-15)7-8-19-12-5-3-11(16)4-6-12/h3-6,10,18H,7-9H2,1-2H3. The molecule has 0 radical (unpaired) electrons. The highest BCUT2D eigenvalue weighted by Crippen LogP contribution is 2.25. The maximum atomic E-state index is 12.7. The summed E-state index contributed by atoms with van der Waals surface area (Å²) in [5.74, 6) is 0.682. The second-order valence-electron chi connectivity index (χ2n) is 4.78. The molecule has 0 saturated heterocycles. The highest BCUT2D eigenvalue weighted by Gasteiger charge is 2.13. The third-order valence-corrected chi connectivity index (χ3v) is 3.98. The maximum absolute atomic E-state index is 12.7. The summed E-state index contributed by atoms with van der Waals surface area (Å²) in [6, 6.07) is 5.96. The van der Waals surface area contributed by atoms with Gasteiger partial charge in [0.25, 0.3) is 0 Å². The molecule has 0 amide bonds. The van der Waals surface area contributed by atoms with E-state index >= 15 is 0 Å². The van der Waals surface area contributed by atoms with Crippen molar-refractivity contribution in [3.63, 3.8) is 0 Å². The molecule has 1 heterocycles. The van der Waals surface area contributed by atoms with E-state index in [0.29, 0.717) is 24.7 Å². The van der Waals surface area contributed by atoms with Crippen LogP contribution in [0.3, 0.4) is 0 Å². The molecule has 1 aromatic heterocycles. The lowest BCUT2D eigenvalue weighted by atomic mass is 10.1. The number of ether oxygens (including phenoxy) is 1. The summed E-state index contributed by atoms with van der Waals surface area (Å²) >= 11 is 1.52. The SMILES string of the molecule is CC(C)c1nc(CCOc2ccc(F)cc2)sc1CO. The quantitative estimate of drug-likeness (QED) is 0.886. The molecule has 5 heteroatoms. The summed E-state index contributed by atoms with van der Waals surface area (Å²) in [4.78, 5) is 5.47. The molecular formula is C15H18FNO2S. The van der Waals surface area contributed by atoms with Crippen molar-refractivity contribution in [1.82, 2.24) is 4.98 Å². The van der Waals surface area contributed by atoms with Gasteiger partial charge in [-0.3, -0.25) is 0 Å². The zero-order valence-corrected chi connectivity index (χ0v) is 12.4. The number of aliphatic hydroxyl groups is 1. The zero-order chi connectivity index (χ0) is 14.5. The third kappa shape index (κ3) is 3.77. The lowest BCUT2D eigenvalue weighted by Crippen LogP contribution is -2.01. The van der Waals surface area contributed by atoms with Crippen molar-refractivity contribution in [3.8, 4) is 5.75 Å². The molecule has 108 valence electrons. The lowest BCUT2D eigenvalue weighted by Gasteiger charge is -2.04. The maximum Gasteiger partial charge on any atom is 0.123 e. The Morgan fingerprint density at radius 2 is 2.00 bits per heavy atom. The van der Waals surface area contributed by atoms with Crippen molar-refractivity contribution < 1.29 is 14.2 Å². The van der Waals surface area contributed by atoms with Gasteiger partial charge >= 0.3 is 0 Å². The van der Waals surface area contributed by atoms with E-state index < -0.39 is 0 Å². The van der Waals surface area contributed by atoms with Crippen molar-refractivity contribution in [2.24, 2.45) is 0 Å². The third-order valence-electron chi connectivity index (χ3n) is 2.86. The van der Waals surface area contributed by atoms with Gasteiger partial charge in [-0.2, -0.15) is 0 Å². The number of thiazole rings is 1. The van der Waals surface area contributed by atoms with E-state index in [0.717, 1.165) is 15.6 Å². The van der Waals surface area contributed by atoms with Gasteiger partial charge in [-0.25, -0.2) is 9.37 Å². The van der Waals surface area contributed by atoms with Crippen LogP contribution in [0.2, 0.25) is 0 Å². The van der Waals surface area contributed by atoms with Crippen LogP contribution in [0.25, 0.3) is 0 Å². The van der Waals surface area contributed by atoms with Crippen LogP contribution in [0.1, 0.15) is 35.3 Å². The van der Waals surface area contributed by atoms with Crippen LogP contribution in [0.15, 0.2) is 24.3 Å². The number of aliphatic hydroxyl groups excluding tert-OH is 1. The number of aromatic nitrogens is 1. The van der Waals surface area contributed by atoms with Crippen molar-refractivity contribution in [2.75, 3.05) is 6.61 Å². The Kier molecular flexibility index (Phi) is 5.09. The van der Waals surface area contributed by atoms with Crippen molar-refractivity contribution in [2.45, 2.75) is 32.8 Å². The van der Waals surface area contributed by atoms with Crippen LogP contribution in [-0.4, -0.2) is 16.7 Å². The molecule has 0 unspecified atom stereocenters. The molecule has 0 aliphatic carbocycles. The van der Waals surface area contributed by atoms with Gasteiger partial charge in [0.2, 0.25) is 0 Å². The summed E-state index contributed by atoms with van der Waals surface area (Å²) in [5, 5.41) is 10.3. The fraction of sp³-hybridized carbons (Fsp3) is 0.400. The molecule has 0 saturated carbocycles. The van der Waals surface area contributed by atoms with Crippen LogP contribution in [0.4, 0.5) is 4.39 Å². The molecule has 0 fully saturated rings. The number of hydrogen-bond donors (Lipinski definition) is 1. The van der Waals surface area contributed by atoms with Crippen molar-refractivity contribution in [1.29, 1.82) is 0 Å². The first-order valence-corrected chi connectivity index (χ1v) is 7.39. The van der Waals surface area contributed by atoms with Crippen LogP contribution < -0.4 is 4.74 Å². The number of halogens is 1. The first-order valence-electron chi connectivity index (χ1n) is 6.58. The minimum absolute atomic E-state index is 0.0317. The van der Waals surface area contributed by atoms with E-state index in [9.17, 15) is 9.50 Å². The van der Waals surface area contributed by atoms with Gasteiger partial charge in [-0.05, 0) is 30.2 Å². The molecule has 0 atom stereocenters. The summed E-state index contributed by atoms with van der Waals surface area (Å²) in [6.45, 7) is 4.64. The molecule has 1 N–H and O–H groups in total. The fourth-order valence-corrected chi connectivity index (χ4v) is 2.94. The first-order chi connectivity index (χ1) is 9.60. The van der Waals surface area contributed by atoms with Crippen LogP contribution in [-0.2, 0) is 13.0 Å². The summed E-state index contributed by atoms with van der Waals surface area (Å²) in [5.41, 5.74) is 0.967. The number of rotatable bonds is 6. The van der Waals surface area contributed by atoms with E-state index in [1.165, 1.54) is 23.5 Å². The highest BCUT2D eigenvalue weighted by molar-refractivity contribution is 7.11. The van der Waals surface area contributed by atoms with Crippen molar-refractivity contribution >= 4 is 11.3 Å². The second-order valence-corrected chi connectivity index (χ2v) is 5.95. The molecule has 0 spiro atoms. The van der Waals surface area contributed by atoms with Crippen LogP contribution in [0.5, 0.6) is 5.75 Å². The first kappa shape index (κ1) is 14.9. The van der Waals surface area contributed by atoms with E-state index in [-0.39, 0.29) is 12.4 Å². The number of nitrogens with zero attached hydrogens (tertiary/aromatic N) is 1. The highest BCUT2D eigenvalue weighted by atomic mass is 32.1. The Morgan fingerprint density at radius 3 is 2.55 bits per heavy atom. The topological polar surface area (TPSA) is 42.4 Å². The number of hydrogen-bond acceptors (Lipinski definition) is 4. The smallest absolute Gasteiger partial charge is 0.123 e. The zero-order valence-electron chi connectivity index (χ0n) is 11.6. The predicted molar refractivity (Wildman–Crippen MR) is 77.7 cm³/mol. The molecule has 0 aliphatic heterocycles. The van der Waals surface area contributed by atoms with Gasteiger partial charge in [-0.1, -0.05) is 13.8 Å². The van der Waals surface area contributed by atoms with Gasteiger partial charge in [0.1, 0.15) is 11.6 Å². The second kappa shape index (κ2) is 6.81. The van der Waals surface area contributed by atoms with Gasteiger partial charge in [0, 0.05) is 6.42 Å². The number of benzene rings is 1. The van der Waals surface area contributed by atoms with Crippen molar-refractivity contribution in [3.05, 3.63) is 45.7 Å². The van der Waals surface area contributed by atoms with Crippen LogP contribution >= 0.6 is 11.3 Å². The minimum atomic E-state index is -0.272. The molecule has 0 bridgehead atoms. The molecule has 1 aromatic carbocycles. The van der Waals surface area contributed by atoms with E-state index in [4.69, 9.17) is 4.74 Å². The Morgan fingerprint density at radius 1 is 1.30 bits per heavy atom. The van der Waals surface area contributed by atoms with Gasteiger partial charge in [0.15, 0.2) is 0 Å². The lowest BCUT2D eigenvalue weighted by molar-refractivity contribution is 0.283. The monoisotopic (exact) mass is 295 g/mol. The molecule has 2 aromatic rings. The van der Waals surface area contributed by atoms with E-state index in [2.05, 4.69) is 18.8 Å². The van der Waals surface area contributed by atoms with E-state index in [1.807, 2.05) is 0 Å². The molecular weight excluding hydrogens is 277 g/mol. The predicted octanol–water partition coefficient (Wildman–Crippen LogP) is 3.52. The summed E-state index contributed by atoms with van der Waals surface area (Å²) in [7, 11) is 0. The molecule has 2 rings (SSSR count). The Hall–Kier alpha value is -1.46. The summed E-state index contributed by atoms with van der Waals surface area (Å²) in [6.07, 6.45) is 0.682. The van der Waals surface area contributed by atoms with Gasteiger partial charge < -0.3 is 9.84 Å². The molecule has 20 heavy (non-hydrogen) atoms. The largest absolute Gasteiger partial charge is 0.493 e. The van der Waals surface area contributed by atoms with E-state index in [1.54, 1.807) is 12.1 Å². The Balaban J connectivity index is 1.92. The van der Waals surface area contributed by atoms with Crippen LogP contribution in [0, 0.1) is 5.82 Å². The van der Waals surface area contributed by atoms with Gasteiger partial charge in [0.05, 0.1) is 28.8 Å². The summed E-state index contributed by atoms with van der Waals surface area (Å²) < 4.78 is 18.3. The minimum Gasteiger partial charge on any atom is -0.493 e.